The number of carbonyl (C=O) groups excluding carboxylic acids is 1. The maximum atomic E-state index is 12.1. The highest BCUT2D eigenvalue weighted by atomic mass is 79.9. The summed E-state index contributed by atoms with van der Waals surface area (Å²) in [5, 5.41) is 15.6. The second-order valence-electron chi connectivity index (χ2n) is 6.62. The minimum atomic E-state index is -0.338. The zero-order valence-electron chi connectivity index (χ0n) is 16.5. The van der Waals surface area contributed by atoms with E-state index in [2.05, 4.69) is 36.5 Å². The van der Waals surface area contributed by atoms with E-state index in [4.69, 9.17) is 9.15 Å². The molecule has 0 saturated carbocycles. The van der Waals surface area contributed by atoms with Gasteiger partial charge in [0.15, 0.2) is 16.2 Å². The van der Waals surface area contributed by atoms with Crippen molar-refractivity contribution in [1.29, 1.82) is 0 Å². The Labute approximate surface area is 181 Å². The fourth-order valence-electron chi connectivity index (χ4n) is 2.78. The Morgan fingerprint density at radius 3 is 2.37 bits per heavy atom. The molecule has 0 unspecified atom stereocenters. The molecule has 3 heterocycles. The molecule has 1 amide bonds. The molecular weight excluding hydrogens is 450 g/mol. The lowest BCUT2D eigenvalue weighted by atomic mass is 10.2. The van der Waals surface area contributed by atoms with E-state index in [1.54, 1.807) is 53.2 Å². The summed E-state index contributed by atoms with van der Waals surface area (Å²) in [6, 6.07) is 13.7. The largest absolute Gasteiger partial charge is 0.444 e. The normalized spacial score (nSPS) is 10.8. The highest BCUT2D eigenvalue weighted by Crippen LogP contribution is 2.23. The van der Waals surface area contributed by atoms with Gasteiger partial charge in [-0.3, -0.25) is 4.79 Å². The van der Waals surface area contributed by atoms with Gasteiger partial charge in [0.2, 0.25) is 5.88 Å². The summed E-state index contributed by atoms with van der Waals surface area (Å²) < 4.78 is 13.2. The number of halogens is 1. The molecule has 1 aromatic carbocycles. The summed E-state index contributed by atoms with van der Waals surface area (Å²) in [5.41, 5.74) is 3.72. The van der Waals surface area contributed by atoms with Gasteiger partial charge in [-0.15, -0.1) is 10.2 Å². The zero-order valence-corrected chi connectivity index (χ0v) is 18.1. The summed E-state index contributed by atoms with van der Waals surface area (Å²) in [5.74, 6) is 1.43. The highest BCUT2D eigenvalue weighted by molar-refractivity contribution is 9.10. The molecule has 4 aromatic rings. The highest BCUT2D eigenvalue weighted by Gasteiger charge is 2.12. The average Bonchev–Trinajstić information content (AvgIpc) is 3.29. The van der Waals surface area contributed by atoms with E-state index in [0.717, 1.165) is 17.0 Å². The van der Waals surface area contributed by atoms with Crippen LogP contribution in [0.25, 0.3) is 5.82 Å². The van der Waals surface area contributed by atoms with Gasteiger partial charge < -0.3 is 14.5 Å². The fraction of sp³-hybridized carbons (Fsp3) is 0.143. The van der Waals surface area contributed by atoms with Gasteiger partial charge >= 0.3 is 0 Å². The minimum absolute atomic E-state index is 0.218. The monoisotopic (exact) mass is 467 g/mol. The van der Waals surface area contributed by atoms with Crippen molar-refractivity contribution in [1.82, 2.24) is 20.0 Å². The molecule has 0 aliphatic carbocycles. The van der Waals surface area contributed by atoms with Gasteiger partial charge in [0, 0.05) is 17.4 Å². The van der Waals surface area contributed by atoms with Gasteiger partial charge in [0.05, 0.1) is 5.69 Å². The molecule has 0 bridgehead atoms. The Kier molecular flexibility index (Phi) is 5.37. The van der Waals surface area contributed by atoms with Crippen LogP contribution in [0.4, 0.5) is 5.69 Å². The van der Waals surface area contributed by atoms with Crippen LogP contribution in [0.3, 0.4) is 0 Å². The van der Waals surface area contributed by atoms with Gasteiger partial charge in [0.25, 0.3) is 5.91 Å². The number of rotatable bonds is 5. The standard InChI is InChI=1S/C21H18BrN5O3/c1-12-13(2)26-27(14(12)3)19-10-11-20(25-24-19)29-16-6-4-15(5-7-16)23-21(28)17-8-9-18(22)30-17/h4-11H,1-3H3,(H,23,28). The third-order valence-electron chi connectivity index (χ3n) is 4.63. The van der Waals surface area contributed by atoms with Crippen molar-refractivity contribution in [2.75, 3.05) is 5.32 Å². The van der Waals surface area contributed by atoms with E-state index >= 15 is 0 Å². The van der Waals surface area contributed by atoms with Crippen molar-refractivity contribution >= 4 is 27.5 Å². The van der Waals surface area contributed by atoms with Crippen LogP contribution in [0.1, 0.15) is 27.5 Å². The molecule has 9 heteroatoms. The molecule has 0 radical (unpaired) electrons. The second-order valence-corrected chi connectivity index (χ2v) is 7.40. The Morgan fingerprint density at radius 1 is 1.03 bits per heavy atom. The van der Waals surface area contributed by atoms with Crippen molar-refractivity contribution in [2.45, 2.75) is 20.8 Å². The molecule has 4 rings (SSSR count). The maximum absolute atomic E-state index is 12.1. The molecule has 0 spiro atoms. The van der Waals surface area contributed by atoms with Crippen LogP contribution in [-0.2, 0) is 0 Å². The summed E-state index contributed by atoms with van der Waals surface area (Å²) in [7, 11) is 0. The van der Waals surface area contributed by atoms with E-state index in [0.29, 0.717) is 27.8 Å². The van der Waals surface area contributed by atoms with Gasteiger partial charge in [0.1, 0.15) is 5.75 Å². The van der Waals surface area contributed by atoms with Gasteiger partial charge in [-0.05, 0) is 84.7 Å². The first-order valence-electron chi connectivity index (χ1n) is 9.12. The number of carbonyl (C=O) groups is 1. The van der Waals surface area contributed by atoms with E-state index in [-0.39, 0.29) is 11.7 Å². The molecule has 0 fully saturated rings. The fourth-order valence-corrected chi connectivity index (χ4v) is 3.09. The Balaban J connectivity index is 1.42. The molecule has 0 aliphatic rings. The molecule has 3 aromatic heterocycles. The summed E-state index contributed by atoms with van der Waals surface area (Å²) in [6.07, 6.45) is 0. The number of nitrogens with zero attached hydrogens (tertiary/aromatic N) is 4. The number of aromatic nitrogens is 4. The van der Waals surface area contributed by atoms with Gasteiger partial charge in [-0.1, -0.05) is 0 Å². The number of hydrogen-bond acceptors (Lipinski definition) is 6. The lowest BCUT2D eigenvalue weighted by Crippen LogP contribution is -2.10. The van der Waals surface area contributed by atoms with Crippen LogP contribution in [0.15, 0.2) is 57.6 Å². The Hall–Kier alpha value is -3.46. The molecule has 8 nitrogen and oxygen atoms in total. The van der Waals surface area contributed by atoms with Crippen molar-refractivity contribution in [3.63, 3.8) is 0 Å². The molecular formula is C21H18BrN5O3. The lowest BCUT2D eigenvalue weighted by Gasteiger charge is -2.07. The van der Waals surface area contributed by atoms with Gasteiger partial charge in [-0.2, -0.15) is 5.10 Å². The predicted molar refractivity (Wildman–Crippen MR) is 114 cm³/mol. The first-order valence-corrected chi connectivity index (χ1v) is 9.91. The van der Waals surface area contributed by atoms with Crippen molar-refractivity contribution < 1.29 is 13.9 Å². The van der Waals surface area contributed by atoms with Crippen LogP contribution in [0.2, 0.25) is 0 Å². The van der Waals surface area contributed by atoms with Crippen LogP contribution in [-0.4, -0.2) is 25.9 Å². The molecule has 0 atom stereocenters. The SMILES string of the molecule is Cc1nn(-c2ccc(Oc3ccc(NC(=O)c4ccc(Br)o4)cc3)nn2)c(C)c1C. The van der Waals surface area contributed by atoms with Crippen LogP contribution >= 0.6 is 15.9 Å². The number of nitrogens with one attached hydrogen (secondary N) is 1. The number of furan rings is 1. The second kappa shape index (κ2) is 8.11. The lowest BCUT2D eigenvalue weighted by molar-refractivity contribution is 0.0995. The number of ether oxygens (including phenoxy) is 1. The molecule has 0 saturated heterocycles. The number of amides is 1. The number of anilines is 1. The van der Waals surface area contributed by atoms with E-state index in [1.807, 2.05) is 20.8 Å². The Bertz CT molecular complexity index is 1200. The molecule has 30 heavy (non-hydrogen) atoms. The average molecular weight is 468 g/mol. The van der Waals surface area contributed by atoms with Crippen LogP contribution < -0.4 is 10.1 Å². The van der Waals surface area contributed by atoms with Crippen LogP contribution in [0.5, 0.6) is 11.6 Å². The maximum Gasteiger partial charge on any atom is 0.291 e. The Morgan fingerprint density at radius 2 is 1.80 bits per heavy atom. The predicted octanol–water partition coefficient (Wildman–Crippen LogP) is 4.99. The third kappa shape index (κ3) is 4.11. The molecule has 0 aliphatic heterocycles. The summed E-state index contributed by atoms with van der Waals surface area (Å²) >= 11 is 3.17. The molecule has 1 N–H and O–H groups in total. The topological polar surface area (TPSA) is 95.1 Å². The quantitative estimate of drug-likeness (QED) is 0.444. The number of benzene rings is 1. The third-order valence-corrected chi connectivity index (χ3v) is 5.05. The minimum Gasteiger partial charge on any atom is -0.444 e. The zero-order chi connectivity index (χ0) is 21.3. The van der Waals surface area contributed by atoms with E-state index in [1.165, 1.54) is 0 Å². The summed E-state index contributed by atoms with van der Waals surface area (Å²) in [6.45, 7) is 5.98. The smallest absolute Gasteiger partial charge is 0.291 e. The number of hydrogen-bond donors (Lipinski definition) is 1. The van der Waals surface area contributed by atoms with E-state index in [9.17, 15) is 4.79 Å². The van der Waals surface area contributed by atoms with Crippen molar-refractivity contribution in [2.24, 2.45) is 0 Å². The van der Waals surface area contributed by atoms with E-state index < -0.39 is 0 Å². The number of aryl methyl sites for hydroxylation is 1. The van der Waals surface area contributed by atoms with Gasteiger partial charge in [-0.25, -0.2) is 4.68 Å². The van der Waals surface area contributed by atoms with Crippen LogP contribution in [0, 0.1) is 20.8 Å². The molecule has 152 valence electrons. The van der Waals surface area contributed by atoms with Crippen molar-refractivity contribution in [3.05, 3.63) is 75.9 Å². The van der Waals surface area contributed by atoms with Crippen molar-refractivity contribution in [3.8, 4) is 17.4 Å². The first-order chi connectivity index (χ1) is 14.4. The summed E-state index contributed by atoms with van der Waals surface area (Å²) in [4.78, 5) is 12.1. The first kappa shape index (κ1) is 19.8.